The molecular weight excluding hydrogens is 302 g/mol. The van der Waals surface area contributed by atoms with Crippen molar-refractivity contribution in [2.24, 2.45) is 5.73 Å². The molecule has 1 amide bonds. The molecule has 0 fully saturated rings. The smallest absolute Gasteiger partial charge is 0.258 e. The maximum Gasteiger partial charge on any atom is 0.258 e. The Labute approximate surface area is 129 Å². The minimum absolute atomic E-state index is 0. The molecule has 0 saturated carbocycles. The van der Waals surface area contributed by atoms with Gasteiger partial charge in [0.15, 0.2) is 18.2 Å². The number of ether oxygens (including phenoxy) is 1. The molecule has 1 aromatic carbocycles. The summed E-state index contributed by atoms with van der Waals surface area (Å²) in [5, 5.41) is 2.80. The Hall–Kier alpha value is -1.40. The number of hydrogen-bond donors (Lipinski definition) is 2. The number of rotatable bonds is 7. The third kappa shape index (κ3) is 5.47. The van der Waals surface area contributed by atoms with Gasteiger partial charge in [0, 0.05) is 12.6 Å². The third-order valence-corrected chi connectivity index (χ3v) is 3.40. The zero-order valence-electron chi connectivity index (χ0n) is 12.1. The van der Waals surface area contributed by atoms with Crippen LogP contribution in [-0.4, -0.2) is 24.6 Å². The van der Waals surface area contributed by atoms with Crippen LogP contribution in [0, 0.1) is 11.6 Å². The van der Waals surface area contributed by atoms with Gasteiger partial charge in [0.1, 0.15) is 5.82 Å². The molecule has 0 heterocycles. The molecule has 3 N–H and O–H groups in total. The predicted molar refractivity (Wildman–Crippen MR) is 79.6 cm³/mol. The lowest BCUT2D eigenvalue weighted by Crippen LogP contribution is -2.54. The van der Waals surface area contributed by atoms with Crippen LogP contribution in [0.4, 0.5) is 8.78 Å². The summed E-state index contributed by atoms with van der Waals surface area (Å²) in [7, 11) is 0. The van der Waals surface area contributed by atoms with Crippen LogP contribution >= 0.6 is 12.4 Å². The molecule has 0 aliphatic carbocycles. The monoisotopic (exact) mass is 322 g/mol. The number of nitrogens with one attached hydrogen (secondary N) is 1. The number of carbonyl (C=O) groups excluding carboxylic acids is 1. The van der Waals surface area contributed by atoms with Gasteiger partial charge < -0.3 is 15.8 Å². The second-order valence-electron chi connectivity index (χ2n) is 4.60. The van der Waals surface area contributed by atoms with E-state index in [9.17, 15) is 13.6 Å². The molecule has 120 valence electrons. The van der Waals surface area contributed by atoms with E-state index in [0.717, 1.165) is 12.1 Å². The van der Waals surface area contributed by atoms with Gasteiger partial charge in [-0.2, -0.15) is 0 Å². The first-order chi connectivity index (χ1) is 9.46. The lowest BCUT2D eigenvalue weighted by atomic mass is 9.93. The summed E-state index contributed by atoms with van der Waals surface area (Å²) in [6.07, 6.45) is 1.38. The Bertz CT molecular complexity index is 460. The number of nitrogens with two attached hydrogens (primary N) is 1. The van der Waals surface area contributed by atoms with Crippen molar-refractivity contribution in [2.75, 3.05) is 13.2 Å². The van der Waals surface area contributed by atoms with Gasteiger partial charge in [0.25, 0.3) is 5.91 Å². The average molecular weight is 323 g/mol. The highest BCUT2D eigenvalue weighted by Crippen LogP contribution is 2.18. The second-order valence-corrected chi connectivity index (χ2v) is 4.60. The van der Waals surface area contributed by atoms with Crippen molar-refractivity contribution in [1.82, 2.24) is 5.32 Å². The van der Waals surface area contributed by atoms with Crippen molar-refractivity contribution >= 4 is 18.3 Å². The van der Waals surface area contributed by atoms with Gasteiger partial charge in [-0.3, -0.25) is 4.79 Å². The standard InChI is InChI=1S/C14H20F2N2O2.ClH/c1-3-14(4-2,9-17)18-13(19)8-20-12-6-5-10(15)7-11(12)16;/h5-7H,3-4,8-9,17H2,1-2H3,(H,18,19);1H. The van der Waals surface area contributed by atoms with E-state index in [1.165, 1.54) is 0 Å². The Morgan fingerprint density at radius 3 is 2.43 bits per heavy atom. The highest BCUT2D eigenvalue weighted by Gasteiger charge is 2.26. The van der Waals surface area contributed by atoms with Gasteiger partial charge in [-0.05, 0) is 25.0 Å². The van der Waals surface area contributed by atoms with Crippen molar-refractivity contribution in [1.29, 1.82) is 0 Å². The normalized spacial score (nSPS) is 10.7. The van der Waals surface area contributed by atoms with Gasteiger partial charge in [-0.1, -0.05) is 13.8 Å². The lowest BCUT2D eigenvalue weighted by Gasteiger charge is -2.31. The Kier molecular flexibility index (Phi) is 8.21. The van der Waals surface area contributed by atoms with Gasteiger partial charge >= 0.3 is 0 Å². The number of benzene rings is 1. The van der Waals surface area contributed by atoms with Crippen molar-refractivity contribution in [3.05, 3.63) is 29.8 Å². The topological polar surface area (TPSA) is 64.3 Å². The first kappa shape index (κ1) is 19.6. The van der Waals surface area contributed by atoms with E-state index in [-0.39, 0.29) is 30.7 Å². The summed E-state index contributed by atoms with van der Waals surface area (Å²) in [5.41, 5.74) is 5.20. The highest BCUT2D eigenvalue weighted by molar-refractivity contribution is 5.85. The van der Waals surface area contributed by atoms with Crippen molar-refractivity contribution in [3.8, 4) is 5.75 Å². The Morgan fingerprint density at radius 2 is 1.95 bits per heavy atom. The predicted octanol–water partition coefficient (Wildman–Crippen LogP) is 2.40. The number of amides is 1. The van der Waals surface area contributed by atoms with Crippen LogP contribution in [0.2, 0.25) is 0 Å². The summed E-state index contributed by atoms with van der Waals surface area (Å²) in [5.74, 6) is -2.08. The average Bonchev–Trinajstić information content (AvgIpc) is 2.44. The molecule has 0 bridgehead atoms. The summed E-state index contributed by atoms with van der Waals surface area (Å²) < 4.78 is 31.1. The van der Waals surface area contributed by atoms with Gasteiger partial charge in [-0.25, -0.2) is 8.78 Å². The molecule has 21 heavy (non-hydrogen) atoms. The number of carbonyl (C=O) groups is 1. The van der Waals surface area contributed by atoms with Crippen molar-refractivity contribution < 1.29 is 18.3 Å². The van der Waals surface area contributed by atoms with E-state index in [1.54, 1.807) is 0 Å². The van der Waals surface area contributed by atoms with E-state index < -0.39 is 17.2 Å². The fourth-order valence-electron chi connectivity index (χ4n) is 1.83. The van der Waals surface area contributed by atoms with Gasteiger partial charge in [0.05, 0.1) is 5.54 Å². The van der Waals surface area contributed by atoms with E-state index in [2.05, 4.69) is 5.32 Å². The maximum absolute atomic E-state index is 13.3. The molecule has 0 radical (unpaired) electrons. The minimum Gasteiger partial charge on any atom is -0.481 e. The van der Waals surface area contributed by atoms with Crippen LogP contribution < -0.4 is 15.8 Å². The molecule has 4 nitrogen and oxygen atoms in total. The van der Waals surface area contributed by atoms with Crippen LogP contribution in [0.3, 0.4) is 0 Å². The fraction of sp³-hybridized carbons (Fsp3) is 0.500. The van der Waals surface area contributed by atoms with E-state index in [1.807, 2.05) is 13.8 Å². The van der Waals surface area contributed by atoms with Gasteiger partial charge in [0.2, 0.25) is 0 Å². The molecule has 7 heteroatoms. The maximum atomic E-state index is 13.3. The van der Waals surface area contributed by atoms with Gasteiger partial charge in [-0.15, -0.1) is 12.4 Å². The molecule has 0 unspecified atom stereocenters. The molecule has 0 spiro atoms. The van der Waals surface area contributed by atoms with Crippen molar-refractivity contribution in [2.45, 2.75) is 32.2 Å². The summed E-state index contributed by atoms with van der Waals surface area (Å²) in [6, 6.07) is 2.92. The molecule has 0 aliphatic heterocycles. The van der Waals surface area contributed by atoms with E-state index in [4.69, 9.17) is 10.5 Å². The molecule has 1 rings (SSSR count). The molecule has 0 aliphatic rings. The first-order valence-corrected chi connectivity index (χ1v) is 6.55. The summed E-state index contributed by atoms with van der Waals surface area (Å²) >= 11 is 0. The molecule has 0 aromatic heterocycles. The van der Waals surface area contributed by atoms with E-state index >= 15 is 0 Å². The Morgan fingerprint density at radius 1 is 1.33 bits per heavy atom. The molecule has 0 saturated heterocycles. The minimum atomic E-state index is -0.839. The van der Waals surface area contributed by atoms with Crippen LogP contribution in [-0.2, 0) is 4.79 Å². The zero-order chi connectivity index (χ0) is 15.2. The third-order valence-electron chi connectivity index (χ3n) is 3.40. The second kappa shape index (κ2) is 8.79. The van der Waals surface area contributed by atoms with Crippen molar-refractivity contribution in [3.63, 3.8) is 0 Å². The fourth-order valence-corrected chi connectivity index (χ4v) is 1.83. The summed E-state index contributed by atoms with van der Waals surface area (Å²) in [4.78, 5) is 11.8. The van der Waals surface area contributed by atoms with Crippen LogP contribution in [0.1, 0.15) is 26.7 Å². The highest BCUT2D eigenvalue weighted by atomic mass is 35.5. The molecule has 1 aromatic rings. The molecular formula is C14H21ClF2N2O2. The first-order valence-electron chi connectivity index (χ1n) is 6.55. The quantitative estimate of drug-likeness (QED) is 0.810. The number of halogens is 3. The lowest BCUT2D eigenvalue weighted by molar-refractivity contribution is -0.125. The van der Waals surface area contributed by atoms with Crippen LogP contribution in [0.15, 0.2) is 18.2 Å². The Balaban J connectivity index is 0.00000400. The van der Waals surface area contributed by atoms with Crippen LogP contribution in [0.5, 0.6) is 5.75 Å². The molecule has 0 atom stereocenters. The summed E-state index contributed by atoms with van der Waals surface area (Å²) in [6.45, 7) is 3.83. The van der Waals surface area contributed by atoms with Crippen LogP contribution in [0.25, 0.3) is 0 Å². The van der Waals surface area contributed by atoms with E-state index in [0.29, 0.717) is 25.5 Å². The number of hydrogen-bond acceptors (Lipinski definition) is 3. The zero-order valence-corrected chi connectivity index (χ0v) is 12.9. The SMILES string of the molecule is CCC(CC)(CN)NC(=O)COc1ccc(F)cc1F.Cl. The largest absolute Gasteiger partial charge is 0.481 e.